The molecule has 0 unspecified atom stereocenters. The van der Waals surface area contributed by atoms with Crippen LogP contribution >= 0.6 is 11.3 Å². The van der Waals surface area contributed by atoms with Crippen molar-refractivity contribution in [3.8, 4) is 22.9 Å². The van der Waals surface area contributed by atoms with Crippen LogP contribution < -0.4 is 15.4 Å². The molecule has 0 saturated carbocycles. The molecule has 0 bridgehead atoms. The van der Waals surface area contributed by atoms with E-state index in [4.69, 9.17) is 4.74 Å². The third kappa shape index (κ3) is 4.67. The van der Waals surface area contributed by atoms with Crippen molar-refractivity contribution in [1.29, 1.82) is 0 Å². The normalized spacial score (nSPS) is 14.1. The molecule has 0 aliphatic carbocycles. The molecule has 0 fully saturated rings. The molecule has 0 saturated heterocycles. The highest BCUT2D eigenvalue weighted by Gasteiger charge is 2.31. The van der Waals surface area contributed by atoms with Gasteiger partial charge in [0, 0.05) is 30.7 Å². The van der Waals surface area contributed by atoms with Gasteiger partial charge >= 0.3 is 6.18 Å². The van der Waals surface area contributed by atoms with E-state index in [2.05, 4.69) is 25.6 Å². The number of pyridine rings is 1. The Morgan fingerprint density at radius 1 is 1.20 bits per heavy atom. The quantitative estimate of drug-likeness (QED) is 0.567. The second-order valence-electron chi connectivity index (χ2n) is 6.31. The zero-order valence-corrected chi connectivity index (χ0v) is 16.1. The topological polar surface area (TPSA) is 71.4 Å². The molecule has 0 amide bonds. The number of thiazole rings is 1. The van der Waals surface area contributed by atoms with Gasteiger partial charge < -0.3 is 15.4 Å². The van der Waals surface area contributed by atoms with E-state index in [0.29, 0.717) is 28.4 Å². The van der Waals surface area contributed by atoms with E-state index in [0.717, 1.165) is 31.6 Å². The first-order valence-corrected chi connectivity index (χ1v) is 9.78. The summed E-state index contributed by atoms with van der Waals surface area (Å²) in [6.07, 6.45) is -2.31. The summed E-state index contributed by atoms with van der Waals surface area (Å²) in [4.78, 5) is 12.9. The van der Waals surface area contributed by atoms with Gasteiger partial charge in [-0.2, -0.15) is 13.2 Å². The molecule has 2 aromatic heterocycles. The number of halogens is 4. The lowest BCUT2D eigenvalue weighted by molar-refractivity contribution is -0.137. The van der Waals surface area contributed by atoms with Crippen LogP contribution in [0.1, 0.15) is 12.0 Å². The first kappa shape index (κ1) is 20.1. The molecule has 156 valence electrons. The Morgan fingerprint density at radius 2 is 2.07 bits per heavy atom. The lowest BCUT2D eigenvalue weighted by atomic mass is 10.2. The van der Waals surface area contributed by atoms with Gasteiger partial charge in [-0.1, -0.05) is 0 Å². The number of alkyl halides is 3. The SMILES string of the molecule is Fc1cc(Oc2ncccc2-c2csc(NC3=NCCCN3)n2)cc(C(F)(F)F)c1. The van der Waals surface area contributed by atoms with Crippen molar-refractivity contribution in [3.05, 3.63) is 53.3 Å². The van der Waals surface area contributed by atoms with Crippen LogP contribution in [-0.2, 0) is 6.18 Å². The van der Waals surface area contributed by atoms with Crippen molar-refractivity contribution in [2.75, 3.05) is 18.4 Å². The molecular weight excluding hydrogens is 422 g/mol. The molecule has 1 aliphatic heterocycles. The van der Waals surface area contributed by atoms with E-state index in [9.17, 15) is 17.6 Å². The number of aliphatic imine (C=N–C) groups is 1. The molecule has 1 aromatic carbocycles. The summed E-state index contributed by atoms with van der Waals surface area (Å²) in [5, 5.41) is 8.54. The van der Waals surface area contributed by atoms with Gasteiger partial charge in [-0.05, 0) is 30.7 Å². The molecular formula is C19H15F4N5OS. The third-order valence-corrected chi connectivity index (χ3v) is 4.84. The van der Waals surface area contributed by atoms with Gasteiger partial charge in [-0.25, -0.2) is 14.4 Å². The maximum Gasteiger partial charge on any atom is 0.416 e. The Kier molecular flexibility index (Phi) is 5.53. The van der Waals surface area contributed by atoms with Crippen molar-refractivity contribution in [1.82, 2.24) is 15.3 Å². The van der Waals surface area contributed by atoms with Crippen LogP contribution in [0.2, 0.25) is 0 Å². The molecule has 3 heterocycles. The molecule has 0 radical (unpaired) electrons. The minimum absolute atomic E-state index is 0.0150. The summed E-state index contributed by atoms with van der Waals surface area (Å²) in [5.74, 6) is -0.722. The zero-order valence-electron chi connectivity index (χ0n) is 15.3. The standard InChI is InChI=1S/C19H15F4N5OS/c20-12-7-11(19(21,22)23)8-13(9-12)29-16-14(3-1-4-24-16)15-10-30-18(27-15)28-17-25-5-2-6-26-17/h1,3-4,7-10H,2,5-6H2,(H2,25,26,27,28). The Bertz CT molecular complexity index is 1080. The molecule has 1 aliphatic rings. The molecule has 11 heteroatoms. The Morgan fingerprint density at radius 3 is 2.83 bits per heavy atom. The number of rotatable bonds is 4. The summed E-state index contributed by atoms with van der Waals surface area (Å²) in [6.45, 7) is 1.54. The van der Waals surface area contributed by atoms with Crippen LogP contribution in [0.4, 0.5) is 22.7 Å². The highest BCUT2D eigenvalue weighted by molar-refractivity contribution is 7.14. The van der Waals surface area contributed by atoms with Gasteiger partial charge in [0.1, 0.15) is 11.6 Å². The largest absolute Gasteiger partial charge is 0.438 e. The number of nitrogens with zero attached hydrogens (tertiary/aromatic N) is 3. The number of ether oxygens (including phenoxy) is 1. The van der Waals surface area contributed by atoms with Crippen LogP contribution in [0.5, 0.6) is 11.6 Å². The minimum atomic E-state index is -4.70. The fourth-order valence-electron chi connectivity index (χ4n) is 2.74. The molecule has 3 aromatic rings. The number of anilines is 1. The maximum atomic E-state index is 13.7. The fourth-order valence-corrected chi connectivity index (χ4v) is 3.45. The zero-order chi connectivity index (χ0) is 21.1. The third-order valence-electron chi connectivity index (χ3n) is 4.09. The maximum absolute atomic E-state index is 13.7. The highest BCUT2D eigenvalue weighted by atomic mass is 32.1. The summed E-state index contributed by atoms with van der Waals surface area (Å²) in [5.41, 5.74) is -0.177. The first-order valence-electron chi connectivity index (χ1n) is 8.90. The molecule has 0 atom stereocenters. The first-order chi connectivity index (χ1) is 14.4. The van der Waals surface area contributed by atoms with Crippen molar-refractivity contribution in [2.24, 2.45) is 4.99 Å². The highest BCUT2D eigenvalue weighted by Crippen LogP contribution is 2.36. The molecule has 0 spiro atoms. The van der Waals surface area contributed by atoms with E-state index in [1.165, 1.54) is 17.5 Å². The molecule has 6 nitrogen and oxygen atoms in total. The number of guanidine groups is 1. The Balaban J connectivity index is 1.60. The average Bonchev–Trinajstić information content (AvgIpc) is 3.16. The smallest absolute Gasteiger partial charge is 0.416 e. The average molecular weight is 437 g/mol. The summed E-state index contributed by atoms with van der Waals surface area (Å²) in [6, 6.07) is 5.32. The van der Waals surface area contributed by atoms with Crippen molar-refractivity contribution < 1.29 is 22.3 Å². The van der Waals surface area contributed by atoms with Gasteiger partial charge in [0.05, 0.1) is 16.8 Å². The van der Waals surface area contributed by atoms with Crippen LogP contribution in [0.3, 0.4) is 0 Å². The predicted octanol–water partition coefficient (Wildman–Crippen LogP) is 4.92. The van der Waals surface area contributed by atoms with Gasteiger partial charge in [0.15, 0.2) is 11.1 Å². The summed E-state index contributed by atoms with van der Waals surface area (Å²) < 4.78 is 58.0. The van der Waals surface area contributed by atoms with Gasteiger partial charge in [0.2, 0.25) is 5.88 Å². The number of hydrogen-bond acceptors (Lipinski definition) is 7. The van der Waals surface area contributed by atoms with Crippen LogP contribution in [0, 0.1) is 5.82 Å². The number of hydrogen-bond donors (Lipinski definition) is 2. The number of nitrogens with one attached hydrogen (secondary N) is 2. The van der Waals surface area contributed by atoms with E-state index >= 15 is 0 Å². The van der Waals surface area contributed by atoms with E-state index in [1.54, 1.807) is 17.5 Å². The second kappa shape index (κ2) is 8.27. The molecule has 4 rings (SSSR count). The summed E-state index contributed by atoms with van der Waals surface area (Å²) >= 11 is 1.33. The van der Waals surface area contributed by atoms with Gasteiger partial charge in [0.25, 0.3) is 0 Å². The van der Waals surface area contributed by atoms with Crippen LogP contribution in [-0.4, -0.2) is 29.0 Å². The lowest BCUT2D eigenvalue weighted by Gasteiger charge is -2.14. The van der Waals surface area contributed by atoms with Crippen molar-refractivity contribution >= 4 is 22.4 Å². The lowest BCUT2D eigenvalue weighted by Crippen LogP contribution is -2.35. The monoisotopic (exact) mass is 437 g/mol. The van der Waals surface area contributed by atoms with Gasteiger partial charge in [-0.15, -0.1) is 11.3 Å². The molecule has 2 N–H and O–H groups in total. The minimum Gasteiger partial charge on any atom is -0.438 e. The van der Waals surface area contributed by atoms with Crippen LogP contribution in [0.25, 0.3) is 11.3 Å². The Labute approximate surface area is 172 Å². The van der Waals surface area contributed by atoms with E-state index in [1.807, 2.05) is 0 Å². The second-order valence-corrected chi connectivity index (χ2v) is 7.16. The number of aromatic nitrogens is 2. The fraction of sp³-hybridized carbons (Fsp3) is 0.211. The van der Waals surface area contributed by atoms with Gasteiger partial charge in [-0.3, -0.25) is 4.99 Å². The van der Waals surface area contributed by atoms with Crippen LogP contribution in [0.15, 0.2) is 46.9 Å². The van der Waals surface area contributed by atoms with Crippen molar-refractivity contribution in [2.45, 2.75) is 12.6 Å². The van der Waals surface area contributed by atoms with E-state index < -0.39 is 17.6 Å². The predicted molar refractivity (Wildman–Crippen MR) is 105 cm³/mol. The number of benzene rings is 1. The van der Waals surface area contributed by atoms with E-state index in [-0.39, 0.29) is 11.6 Å². The Hall–Kier alpha value is -3.21. The summed E-state index contributed by atoms with van der Waals surface area (Å²) in [7, 11) is 0. The van der Waals surface area contributed by atoms with Crippen molar-refractivity contribution in [3.63, 3.8) is 0 Å². The molecule has 30 heavy (non-hydrogen) atoms.